The Balaban J connectivity index is 3.22. The van der Waals surface area contributed by atoms with E-state index in [0.29, 0.717) is 6.07 Å². The van der Waals surface area contributed by atoms with Gasteiger partial charge in [-0.3, -0.25) is 4.79 Å². The van der Waals surface area contributed by atoms with Gasteiger partial charge in [0.1, 0.15) is 17.7 Å². The number of carboxylic acid groups (broad SMARTS) is 1. The minimum Gasteiger partial charge on any atom is -0.480 e. The summed E-state index contributed by atoms with van der Waals surface area (Å²) >= 11 is 0. The van der Waals surface area contributed by atoms with Gasteiger partial charge in [-0.1, -0.05) is 0 Å². The fraction of sp³-hybridized carbons (Fsp3) is 0.125. The smallest absolute Gasteiger partial charge is 0.325 e. The van der Waals surface area contributed by atoms with Crippen LogP contribution in [0.25, 0.3) is 0 Å². The standard InChI is InChI=1S/C8H8F2N2O2/c9-4-2-5(10)6(11)1-3(4)7(12)8(13)14/h1-2,7H,11-12H2,(H,13,14)/t7-/m1/s1. The molecule has 5 N–H and O–H groups in total. The maximum absolute atomic E-state index is 13.0. The van der Waals surface area contributed by atoms with Crippen molar-refractivity contribution in [2.75, 3.05) is 5.73 Å². The average molecular weight is 202 g/mol. The van der Waals surface area contributed by atoms with Crippen molar-refractivity contribution in [1.29, 1.82) is 0 Å². The Bertz CT molecular complexity index is 382. The molecular weight excluding hydrogens is 194 g/mol. The van der Waals surface area contributed by atoms with Gasteiger partial charge in [0.25, 0.3) is 0 Å². The predicted molar refractivity (Wildman–Crippen MR) is 45.3 cm³/mol. The van der Waals surface area contributed by atoms with E-state index in [4.69, 9.17) is 16.6 Å². The lowest BCUT2D eigenvalue weighted by atomic mass is 10.1. The third-order valence-electron chi connectivity index (χ3n) is 1.72. The van der Waals surface area contributed by atoms with Gasteiger partial charge in [-0.05, 0) is 6.07 Å². The van der Waals surface area contributed by atoms with Crippen LogP contribution in [-0.4, -0.2) is 11.1 Å². The second kappa shape index (κ2) is 3.59. The Kier molecular flexibility index (Phi) is 2.66. The SMILES string of the molecule is Nc1cc([C@@H](N)C(=O)O)c(F)cc1F. The van der Waals surface area contributed by atoms with E-state index < -0.39 is 23.6 Å². The van der Waals surface area contributed by atoms with Crippen molar-refractivity contribution in [3.05, 3.63) is 29.3 Å². The second-order valence-electron chi connectivity index (χ2n) is 2.71. The number of benzene rings is 1. The number of anilines is 1. The molecule has 0 fully saturated rings. The minimum absolute atomic E-state index is 0.335. The molecule has 1 aromatic rings. The number of nitrogen functional groups attached to an aromatic ring is 1. The van der Waals surface area contributed by atoms with Crippen LogP contribution in [0.4, 0.5) is 14.5 Å². The number of carboxylic acids is 1. The molecule has 0 spiro atoms. The van der Waals surface area contributed by atoms with E-state index in [2.05, 4.69) is 0 Å². The molecule has 0 aliphatic carbocycles. The van der Waals surface area contributed by atoms with Gasteiger partial charge >= 0.3 is 5.97 Å². The summed E-state index contributed by atoms with van der Waals surface area (Å²) < 4.78 is 25.7. The molecule has 0 bridgehead atoms. The lowest BCUT2D eigenvalue weighted by molar-refractivity contribution is -0.138. The maximum Gasteiger partial charge on any atom is 0.325 e. The van der Waals surface area contributed by atoms with E-state index in [0.717, 1.165) is 6.07 Å². The van der Waals surface area contributed by atoms with Crippen molar-refractivity contribution in [2.45, 2.75) is 6.04 Å². The second-order valence-corrected chi connectivity index (χ2v) is 2.71. The summed E-state index contributed by atoms with van der Waals surface area (Å²) in [6.45, 7) is 0. The molecular formula is C8H8F2N2O2. The van der Waals surface area contributed by atoms with Crippen molar-refractivity contribution < 1.29 is 18.7 Å². The van der Waals surface area contributed by atoms with Gasteiger partial charge in [-0.15, -0.1) is 0 Å². The fourth-order valence-electron chi connectivity index (χ4n) is 0.955. The predicted octanol–water partition coefficient (Wildman–Crippen LogP) is 0.631. The monoisotopic (exact) mass is 202 g/mol. The molecule has 1 aromatic carbocycles. The highest BCUT2D eigenvalue weighted by Crippen LogP contribution is 2.21. The number of rotatable bonds is 2. The summed E-state index contributed by atoms with van der Waals surface area (Å²) in [4.78, 5) is 10.4. The molecule has 0 saturated heterocycles. The Morgan fingerprint density at radius 2 is 1.93 bits per heavy atom. The third kappa shape index (κ3) is 1.80. The molecule has 1 atom stereocenters. The van der Waals surface area contributed by atoms with Gasteiger partial charge in [0.2, 0.25) is 0 Å². The van der Waals surface area contributed by atoms with Crippen LogP contribution in [-0.2, 0) is 4.79 Å². The van der Waals surface area contributed by atoms with Crippen molar-refractivity contribution in [2.24, 2.45) is 5.73 Å². The van der Waals surface area contributed by atoms with Crippen LogP contribution >= 0.6 is 0 Å². The van der Waals surface area contributed by atoms with Crippen LogP contribution in [0.3, 0.4) is 0 Å². The van der Waals surface area contributed by atoms with Crippen molar-refractivity contribution in [3.8, 4) is 0 Å². The van der Waals surface area contributed by atoms with Gasteiger partial charge < -0.3 is 16.6 Å². The molecule has 0 aromatic heterocycles. The van der Waals surface area contributed by atoms with Gasteiger partial charge in [0, 0.05) is 11.6 Å². The maximum atomic E-state index is 13.0. The van der Waals surface area contributed by atoms with Crippen molar-refractivity contribution in [3.63, 3.8) is 0 Å². The third-order valence-corrected chi connectivity index (χ3v) is 1.72. The van der Waals surface area contributed by atoms with Crippen LogP contribution in [0.5, 0.6) is 0 Å². The van der Waals surface area contributed by atoms with E-state index in [1.54, 1.807) is 0 Å². The number of hydrogen-bond donors (Lipinski definition) is 3. The molecule has 0 radical (unpaired) electrons. The number of carbonyl (C=O) groups is 1. The van der Waals surface area contributed by atoms with E-state index in [1.165, 1.54) is 0 Å². The first-order chi connectivity index (χ1) is 6.43. The summed E-state index contributed by atoms with van der Waals surface area (Å²) in [5, 5.41) is 8.49. The minimum atomic E-state index is -1.54. The summed E-state index contributed by atoms with van der Waals surface area (Å²) in [5.74, 6) is -3.37. The molecule has 1 rings (SSSR count). The van der Waals surface area contributed by atoms with Crippen LogP contribution in [0.1, 0.15) is 11.6 Å². The normalized spacial score (nSPS) is 12.5. The van der Waals surface area contributed by atoms with E-state index in [1.807, 2.05) is 0 Å². The molecule has 0 heterocycles. The van der Waals surface area contributed by atoms with Crippen LogP contribution in [0, 0.1) is 11.6 Å². The molecule has 14 heavy (non-hydrogen) atoms. The first-order valence-electron chi connectivity index (χ1n) is 3.66. The van der Waals surface area contributed by atoms with Crippen LogP contribution in [0.15, 0.2) is 12.1 Å². The summed E-state index contributed by atoms with van der Waals surface area (Å²) in [6.07, 6.45) is 0. The molecule has 0 saturated carbocycles. The molecule has 76 valence electrons. The molecule has 0 amide bonds. The first-order valence-corrected chi connectivity index (χ1v) is 3.66. The summed E-state index contributed by atoms with van der Waals surface area (Å²) in [5.41, 5.74) is 9.61. The molecule has 0 aliphatic heterocycles. The zero-order valence-electron chi connectivity index (χ0n) is 7.00. The quantitative estimate of drug-likeness (QED) is 0.613. The van der Waals surface area contributed by atoms with Gasteiger partial charge in [0.05, 0.1) is 5.69 Å². The number of hydrogen-bond acceptors (Lipinski definition) is 3. The Hall–Kier alpha value is -1.69. The van der Waals surface area contributed by atoms with E-state index in [-0.39, 0.29) is 11.3 Å². The topological polar surface area (TPSA) is 89.3 Å². The lowest BCUT2D eigenvalue weighted by Crippen LogP contribution is -2.22. The van der Waals surface area contributed by atoms with Gasteiger partial charge in [0.15, 0.2) is 0 Å². The largest absolute Gasteiger partial charge is 0.480 e. The molecule has 6 heteroatoms. The highest BCUT2D eigenvalue weighted by atomic mass is 19.1. The lowest BCUT2D eigenvalue weighted by Gasteiger charge is -2.09. The van der Waals surface area contributed by atoms with Gasteiger partial charge in [-0.25, -0.2) is 8.78 Å². The first kappa shape index (κ1) is 10.4. The zero-order valence-corrected chi connectivity index (χ0v) is 7.00. The molecule has 0 unspecified atom stereocenters. The zero-order chi connectivity index (χ0) is 10.9. The number of nitrogens with two attached hydrogens (primary N) is 2. The number of halogens is 2. The summed E-state index contributed by atoms with van der Waals surface area (Å²) in [6, 6.07) is -0.158. The average Bonchev–Trinajstić information content (AvgIpc) is 2.10. The number of aliphatic carboxylic acids is 1. The van der Waals surface area contributed by atoms with Crippen LogP contribution in [0.2, 0.25) is 0 Å². The Morgan fingerprint density at radius 3 is 2.43 bits per heavy atom. The van der Waals surface area contributed by atoms with Crippen molar-refractivity contribution in [1.82, 2.24) is 0 Å². The highest BCUT2D eigenvalue weighted by Gasteiger charge is 2.20. The fourth-order valence-corrected chi connectivity index (χ4v) is 0.955. The molecule has 4 nitrogen and oxygen atoms in total. The summed E-state index contributed by atoms with van der Waals surface area (Å²) in [7, 11) is 0. The Labute approximate surface area is 78.1 Å². The van der Waals surface area contributed by atoms with E-state index in [9.17, 15) is 13.6 Å². The van der Waals surface area contributed by atoms with Gasteiger partial charge in [-0.2, -0.15) is 0 Å². The highest BCUT2D eigenvalue weighted by molar-refractivity contribution is 5.75. The van der Waals surface area contributed by atoms with E-state index >= 15 is 0 Å². The molecule has 0 aliphatic rings. The Morgan fingerprint density at radius 1 is 1.36 bits per heavy atom. The van der Waals surface area contributed by atoms with Crippen molar-refractivity contribution >= 4 is 11.7 Å². The van der Waals surface area contributed by atoms with Crippen LogP contribution < -0.4 is 11.5 Å².